The third-order valence-corrected chi connectivity index (χ3v) is 7.34. The lowest BCUT2D eigenvalue weighted by Crippen LogP contribution is -2.45. The van der Waals surface area contributed by atoms with Crippen LogP contribution in [-0.2, 0) is 15.1 Å². The van der Waals surface area contributed by atoms with Gasteiger partial charge in [0, 0.05) is 0 Å². The summed E-state index contributed by atoms with van der Waals surface area (Å²) in [6, 6.07) is 34.4. The maximum Gasteiger partial charge on any atom is 0.341 e. The summed E-state index contributed by atoms with van der Waals surface area (Å²) in [4.78, 5) is 21.2. The Morgan fingerprint density at radius 2 is 1.30 bits per heavy atom. The summed E-state index contributed by atoms with van der Waals surface area (Å²) < 4.78 is 5.51. The molecular formula is C33H32N2O2. The van der Waals surface area contributed by atoms with Crippen molar-refractivity contribution in [3.05, 3.63) is 142 Å². The smallest absolute Gasteiger partial charge is 0.341 e. The summed E-state index contributed by atoms with van der Waals surface area (Å²) in [5, 5.41) is 0. The van der Waals surface area contributed by atoms with Crippen LogP contribution in [0.1, 0.15) is 51.0 Å². The molecule has 5 rings (SSSR count). The topological polar surface area (TPSA) is 41.9 Å². The van der Waals surface area contributed by atoms with Gasteiger partial charge in [0.2, 0.25) is 5.54 Å². The molecular weight excluding hydrogens is 456 g/mol. The third-order valence-electron chi connectivity index (χ3n) is 7.34. The second-order valence-electron chi connectivity index (χ2n) is 9.75. The van der Waals surface area contributed by atoms with Crippen molar-refractivity contribution in [2.75, 3.05) is 7.11 Å². The van der Waals surface area contributed by atoms with E-state index in [-0.39, 0.29) is 12.0 Å². The average Bonchev–Trinajstić information content (AvgIpc) is 3.30. The lowest BCUT2D eigenvalue weighted by atomic mass is 9.76. The molecule has 186 valence electrons. The van der Waals surface area contributed by atoms with E-state index in [0.717, 1.165) is 33.4 Å². The van der Waals surface area contributed by atoms with Gasteiger partial charge >= 0.3 is 5.97 Å². The Morgan fingerprint density at radius 3 is 1.78 bits per heavy atom. The molecule has 0 radical (unpaired) electrons. The van der Waals surface area contributed by atoms with Crippen molar-refractivity contribution in [2.24, 2.45) is 4.99 Å². The summed E-state index contributed by atoms with van der Waals surface area (Å²) in [7, 11) is 1.45. The molecule has 2 atom stereocenters. The quantitative estimate of drug-likeness (QED) is 0.279. The molecule has 1 heterocycles. The number of hydrogen-bond acceptors (Lipinski definition) is 4. The highest BCUT2D eigenvalue weighted by Gasteiger charge is 2.56. The van der Waals surface area contributed by atoms with Gasteiger partial charge in [-0.1, -0.05) is 109 Å². The Morgan fingerprint density at radius 1 is 0.811 bits per heavy atom. The molecule has 4 aromatic rings. The second-order valence-corrected chi connectivity index (χ2v) is 9.75. The van der Waals surface area contributed by atoms with Crippen molar-refractivity contribution in [3.8, 4) is 0 Å². The van der Waals surface area contributed by atoms with Gasteiger partial charge in [0.1, 0.15) is 0 Å². The van der Waals surface area contributed by atoms with E-state index in [2.05, 4.69) is 86.3 Å². The predicted molar refractivity (Wildman–Crippen MR) is 149 cm³/mol. The van der Waals surface area contributed by atoms with E-state index >= 15 is 0 Å². The number of ether oxygens (including phenoxy) is 1. The lowest BCUT2D eigenvalue weighted by Gasteiger charge is -2.41. The Hall–Kier alpha value is -4.18. The van der Waals surface area contributed by atoms with Crippen LogP contribution in [-0.4, -0.2) is 24.3 Å². The first-order chi connectivity index (χ1) is 18.0. The molecule has 4 nitrogen and oxygen atoms in total. The molecule has 0 aromatic heterocycles. The van der Waals surface area contributed by atoms with Crippen molar-refractivity contribution in [3.63, 3.8) is 0 Å². The minimum atomic E-state index is -1.26. The van der Waals surface area contributed by atoms with Gasteiger partial charge in [-0.25, -0.2) is 9.79 Å². The SMILES string of the molecule is COC(=O)[C@@]1(c2ccccc2)N=CN(C(c2ccccc2)c2ccccc2)[C@@H]1c1c(C)cc(C)cc1C. The van der Waals surface area contributed by atoms with Crippen LogP contribution in [0.25, 0.3) is 0 Å². The molecule has 0 fully saturated rings. The molecule has 0 saturated heterocycles. The van der Waals surface area contributed by atoms with Gasteiger partial charge in [-0.05, 0) is 54.2 Å². The largest absolute Gasteiger partial charge is 0.467 e. The van der Waals surface area contributed by atoms with Gasteiger partial charge in [-0.15, -0.1) is 0 Å². The summed E-state index contributed by atoms with van der Waals surface area (Å²) >= 11 is 0. The van der Waals surface area contributed by atoms with Gasteiger partial charge in [-0.3, -0.25) is 0 Å². The highest BCUT2D eigenvalue weighted by molar-refractivity contribution is 5.89. The first kappa shape index (κ1) is 24.5. The van der Waals surface area contributed by atoms with Crippen LogP contribution in [0.3, 0.4) is 0 Å². The van der Waals surface area contributed by atoms with Crippen LogP contribution >= 0.6 is 0 Å². The van der Waals surface area contributed by atoms with E-state index < -0.39 is 11.6 Å². The predicted octanol–water partition coefficient (Wildman–Crippen LogP) is 6.85. The summed E-state index contributed by atoms with van der Waals surface area (Å²) in [6.45, 7) is 6.35. The molecule has 4 aromatic carbocycles. The Labute approximate surface area is 219 Å². The molecule has 0 amide bonds. The fourth-order valence-corrected chi connectivity index (χ4v) is 5.88. The number of esters is 1. The van der Waals surface area contributed by atoms with E-state index in [4.69, 9.17) is 9.73 Å². The molecule has 37 heavy (non-hydrogen) atoms. The molecule has 0 unspecified atom stereocenters. The number of aryl methyl sites for hydroxylation is 3. The number of carbonyl (C=O) groups excluding carboxylic acids is 1. The molecule has 1 aliphatic heterocycles. The Kier molecular flexibility index (Phi) is 6.66. The molecule has 0 bridgehead atoms. The molecule has 0 aliphatic carbocycles. The first-order valence-electron chi connectivity index (χ1n) is 12.6. The molecule has 0 N–H and O–H groups in total. The molecule has 1 aliphatic rings. The average molecular weight is 489 g/mol. The molecule has 4 heteroatoms. The van der Waals surface area contributed by atoms with Gasteiger partial charge in [0.15, 0.2) is 0 Å². The zero-order chi connectivity index (χ0) is 26.0. The van der Waals surface area contributed by atoms with Crippen molar-refractivity contribution >= 4 is 12.3 Å². The second kappa shape index (κ2) is 10.1. The van der Waals surface area contributed by atoms with E-state index in [1.165, 1.54) is 12.7 Å². The number of aliphatic imine (C=N–C) groups is 1. The monoisotopic (exact) mass is 488 g/mol. The van der Waals surface area contributed by atoms with Crippen LogP contribution < -0.4 is 0 Å². The summed E-state index contributed by atoms with van der Waals surface area (Å²) in [5.74, 6) is -0.373. The summed E-state index contributed by atoms with van der Waals surface area (Å²) in [6.07, 6.45) is 1.86. The Balaban J connectivity index is 1.82. The minimum Gasteiger partial charge on any atom is -0.467 e. The maximum atomic E-state index is 13.9. The van der Waals surface area contributed by atoms with Crippen LogP contribution in [0.15, 0.2) is 108 Å². The molecule has 0 saturated carbocycles. The highest BCUT2D eigenvalue weighted by atomic mass is 16.5. The Bertz CT molecular complexity index is 1350. The standard InChI is InChI=1S/C33H32N2O2/c1-23-20-24(2)29(25(3)21-23)31-33(32(36)37-4,28-18-12-7-13-19-28)34-22-35(31)30(26-14-8-5-9-15-26)27-16-10-6-11-17-27/h5-22,30-31H,1-4H3/t31-,33+/m1/s1. The van der Waals surface area contributed by atoms with Crippen molar-refractivity contribution < 1.29 is 9.53 Å². The summed E-state index contributed by atoms with van der Waals surface area (Å²) in [5.41, 5.74) is 6.34. The third kappa shape index (κ3) is 4.23. The number of methoxy groups -OCH3 is 1. The van der Waals surface area contributed by atoms with Crippen LogP contribution in [0.5, 0.6) is 0 Å². The number of carbonyl (C=O) groups is 1. The zero-order valence-electron chi connectivity index (χ0n) is 21.8. The van der Waals surface area contributed by atoms with E-state index in [1.54, 1.807) is 0 Å². The zero-order valence-corrected chi connectivity index (χ0v) is 21.8. The van der Waals surface area contributed by atoms with Gasteiger partial charge in [-0.2, -0.15) is 0 Å². The van der Waals surface area contributed by atoms with Crippen LogP contribution in [0, 0.1) is 20.8 Å². The fourth-order valence-electron chi connectivity index (χ4n) is 5.88. The molecule has 0 spiro atoms. The normalized spacial score (nSPS) is 18.8. The highest BCUT2D eigenvalue weighted by Crippen LogP contribution is 2.52. The number of nitrogens with zero attached hydrogens (tertiary/aromatic N) is 2. The van der Waals surface area contributed by atoms with Gasteiger partial charge < -0.3 is 9.64 Å². The maximum absolute atomic E-state index is 13.9. The van der Waals surface area contributed by atoms with Crippen LogP contribution in [0.4, 0.5) is 0 Å². The number of hydrogen-bond donors (Lipinski definition) is 0. The van der Waals surface area contributed by atoms with Gasteiger partial charge in [0.05, 0.1) is 25.5 Å². The van der Waals surface area contributed by atoms with E-state index in [9.17, 15) is 4.79 Å². The van der Waals surface area contributed by atoms with E-state index in [1.807, 2.05) is 48.8 Å². The number of benzene rings is 4. The van der Waals surface area contributed by atoms with Crippen molar-refractivity contribution in [1.82, 2.24) is 4.90 Å². The minimum absolute atomic E-state index is 0.161. The van der Waals surface area contributed by atoms with Crippen molar-refractivity contribution in [1.29, 1.82) is 0 Å². The first-order valence-corrected chi connectivity index (χ1v) is 12.6. The van der Waals surface area contributed by atoms with E-state index in [0.29, 0.717) is 0 Å². The van der Waals surface area contributed by atoms with Crippen molar-refractivity contribution in [2.45, 2.75) is 38.4 Å². The lowest BCUT2D eigenvalue weighted by molar-refractivity contribution is -0.149. The number of rotatable bonds is 6. The fraction of sp³-hybridized carbons (Fsp3) is 0.212. The van der Waals surface area contributed by atoms with Crippen LogP contribution in [0.2, 0.25) is 0 Å². The van der Waals surface area contributed by atoms with Gasteiger partial charge in [0.25, 0.3) is 0 Å².